The summed E-state index contributed by atoms with van der Waals surface area (Å²) in [6.07, 6.45) is 3.49. The van der Waals surface area contributed by atoms with E-state index in [1.807, 2.05) is 18.2 Å². The summed E-state index contributed by atoms with van der Waals surface area (Å²) < 4.78 is 0. The third-order valence-corrected chi connectivity index (χ3v) is 5.93. The normalized spacial score (nSPS) is 15.7. The monoisotopic (exact) mass is 399 g/mol. The molecule has 6 nitrogen and oxygen atoms in total. The standard InChI is InChI=1S/C24H25N5O/c30-24(25-20-7-9-21(10-8-20)28-14-3-4-15-28)22-11-12-23(27-26-22)29-16-13-18-5-1-2-6-19(18)17-29/h1-2,5-12H,3-4,13-17H2,(H,25,30). The zero-order valence-corrected chi connectivity index (χ0v) is 16.9. The molecule has 3 aromatic rings. The minimum absolute atomic E-state index is 0.244. The molecule has 152 valence electrons. The third kappa shape index (κ3) is 3.85. The van der Waals surface area contributed by atoms with Gasteiger partial charge < -0.3 is 15.1 Å². The highest BCUT2D eigenvalue weighted by molar-refractivity contribution is 6.02. The number of carbonyl (C=O) groups is 1. The van der Waals surface area contributed by atoms with Crippen LogP contribution < -0.4 is 15.1 Å². The maximum atomic E-state index is 12.6. The Balaban J connectivity index is 1.23. The van der Waals surface area contributed by atoms with Gasteiger partial charge in [-0.1, -0.05) is 24.3 Å². The number of rotatable bonds is 4. The molecule has 2 aromatic carbocycles. The molecular formula is C24H25N5O. The van der Waals surface area contributed by atoms with Gasteiger partial charge in [-0.25, -0.2) is 0 Å². The summed E-state index contributed by atoms with van der Waals surface area (Å²) >= 11 is 0. The zero-order valence-electron chi connectivity index (χ0n) is 16.9. The lowest BCUT2D eigenvalue weighted by molar-refractivity contribution is 0.102. The maximum absolute atomic E-state index is 12.6. The topological polar surface area (TPSA) is 61.4 Å². The van der Waals surface area contributed by atoms with Gasteiger partial charge in [0.2, 0.25) is 0 Å². The molecule has 1 amide bonds. The smallest absolute Gasteiger partial charge is 0.276 e. The number of anilines is 3. The van der Waals surface area contributed by atoms with E-state index in [1.165, 1.54) is 29.7 Å². The highest BCUT2D eigenvalue weighted by Gasteiger charge is 2.18. The average Bonchev–Trinajstić information content (AvgIpc) is 3.34. The number of fused-ring (bicyclic) bond motifs is 1. The molecule has 0 radical (unpaired) electrons. The van der Waals surface area contributed by atoms with E-state index in [-0.39, 0.29) is 5.91 Å². The van der Waals surface area contributed by atoms with E-state index in [9.17, 15) is 4.79 Å². The van der Waals surface area contributed by atoms with Crippen molar-refractivity contribution >= 4 is 23.1 Å². The van der Waals surface area contributed by atoms with Crippen LogP contribution in [0.4, 0.5) is 17.2 Å². The van der Waals surface area contributed by atoms with Crippen molar-refractivity contribution < 1.29 is 4.79 Å². The zero-order chi connectivity index (χ0) is 20.3. The molecule has 2 aliphatic heterocycles. The predicted molar refractivity (Wildman–Crippen MR) is 119 cm³/mol. The first-order chi connectivity index (χ1) is 14.8. The SMILES string of the molecule is O=C(Nc1ccc(N2CCCC2)cc1)c1ccc(N2CCc3ccccc3C2)nn1. The van der Waals surface area contributed by atoms with E-state index >= 15 is 0 Å². The number of nitrogens with one attached hydrogen (secondary N) is 1. The van der Waals surface area contributed by atoms with Gasteiger partial charge in [0, 0.05) is 37.6 Å². The summed E-state index contributed by atoms with van der Waals surface area (Å²) in [4.78, 5) is 17.1. The van der Waals surface area contributed by atoms with Gasteiger partial charge in [0.25, 0.3) is 5.91 Å². The summed E-state index contributed by atoms with van der Waals surface area (Å²) in [6.45, 7) is 3.94. The van der Waals surface area contributed by atoms with Crippen molar-refractivity contribution in [1.29, 1.82) is 0 Å². The van der Waals surface area contributed by atoms with E-state index < -0.39 is 0 Å². The molecule has 0 aliphatic carbocycles. The first-order valence-corrected chi connectivity index (χ1v) is 10.6. The Hall–Kier alpha value is -3.41. The van der Waals surface area contributed by atoms with E-state index in [2.05, 4.69) is 61.7 Å². The van der Waals surface area contributed by atoms with Gasteiger partial charge in [0.1, 0.15) is 0 Å². The van der Waals surface area contributed by atoms with Crippen LogP contribution in [0, 0.1) is 0 Å². The minimum atomic E-state index is -0.244. The van der Waals surface area contributed by atoms with Gasteiger partial charge in [0.05, 0.1) is 0 Å². The quantitative estimate of drug-likeness (QED) is 0.721. The lowest BCUT2D eigenvalue weighted by Crippen LogP contribution is -2.31. The highest BCUT2D eigenvalue weighted by Crippen LogP contribution is 2.24. The Morgan fingerprint density at radius 1 is 0.800 bits per heavy atom. The van der Waals surface area contributed by atoms with Crippen molar-refractivity contribution in [2.45, 2.75) is 25.8 Å². The van der Waals surface area contributed by atoms with Crippen LogP contribution in [0.2, 0.25) is 0 Å². The van der Waals surface area contributed by atoms with Gasteiger partial charge in [-0.3, -0.25) is 4.79 Å². The van der Waals surface area contributed by atoms with Crippen LogP contribution in [-0.2, 0) is 13.0 Å². The largest absolute Gasteiger partial charge is 0.372 e. The highest BCUT2D eigenvalue weighted by atomic mass is 16.1. The summed E-state index contributed by atoms with van der Waals surface area (Å²) in [5.41, 5.74) is 5.01. The Morgan fingerprint density at radius 3 is 2.30 bits per heavy atom. The van der Waals surface area contributed by atoms with Crippen LogP contribution in [0.15, 0.2) is 60.7 Å². The van der Waals surface area contributed by atoms with E-state index in [0.717, 1.165) is 44.1 Å². The number of nitrogens with zero attached hydrogens (tertiary/aromatic N) is 4. The summed E-state index contributed by atoms with van der Waals surface area (Å²) in [5.74, 6) is 0.558. The fourth-order valence-corrected chi connectivity index (χ4v) is 4.23. The predicted octanol–water partition coefficient (Wildman–Crippen LogP) is 3.89. The second kappa shape index (κ2) is 8.14. The Morgan fingerprint density at radius 2 is 1.57 bits per heavy atom. The van der Waals surface area contributed by atoms with Gasteiger partial charge in [0.15, 0.2) is 11.5 Å². The average molecular weight is 399 g/mol. The van der Waals surface area contributed by atoms with Gasteiger partial charge in [-0.2, -0.15) is 0 Å². The molecule has 1 fully saturated rings. The number of hydrogen-bond donors (Lipinski definition) is 1. The molecule has 2 aliphatic rings. The number of amides is 1. The van der Waals surface area contributed by atoms with E-state index in [4.69, 9.17) is 0 Å². The molecule has 0 unspecified atom stereocenters. The van der Waals surface area contributed by atoms with Gasteiger partial charge in [-0.15, -0.1) is 10.2 Å². The first kappa shape index (κ1) is 18.6. The maximum Gasteiger partial charge on any atom is 0.276 e. The van der Waals surface area contributed by atoms with E-state index in [0.29, 0.717) is 5.69 Å². The number of aromatic nitrogens is 2. The molecule has 6 heteroatoms. The molecule has 3 heterocycles. The Kier molecular flexibility index (Phi) is 5.05. The Bertz CT molecular complexity index is 1030. The first-order valence-electron chi connectivity index (χ1n) is 10.6. The van der Waals surface area contributed by atoms with Crippen molar-refractivity contribution in [3.8, 4) is 0 Å². The van der Waals surface area contributed by atoms with Crippen LogP contribution in [0.25, 0.3) is 0 Å². The van der Waals surface area contributed by atoms with Crippen molar-refractivity contribution in [3.05, 3.63) is 77.5 Å². The molecular weight excluding hydrogens is 374 g/mol. The molecule has 0 saturated carbocycles. The molecule has 1 saturated heterocycles. The van der Waals surface area contributed by atoms with Gasteiger partial charge >= 0.3 is 0 Å². The lowest BCUT2D eigenvalue weighted by Gasteiger charge is -2.29. The van der Waals surface area contributed by atoms with Crippen LogP contribution in [0.1, 0.15) is 34.5 Å². The van der Waals surface area contributed by atoms with Crippen molar-refractivity contribution in [3.63, 3.8) is 0 Å². The molecule has 0 spiro atoms. The number of hydrogen-bond acceptors (Lipinski definition) is 5. The second-order valence-electron chi connectivity index (χ2n) is 7.91. The van der Waals surface area contributed by atoms with Crippen molar-refractivity contribution in [1.82, 2.24) is 10.2 Å². The fraction of sp³-hybridized carbons (Fsp3) is 0.292. The van der Waals surface area contributed by atoms with Crippen LogP contribution in [0.3, 0.4) is 0 Å². The van der Waals surface area contributed by atoms with E-state index in [1.54, 1.807) is 6.07 Å². The summed E-state index contributed by atoms with van der Waals surface area (Å²) in [7, 11) is 0. The molecule has 30 heavy (non-hydrogen) atoms. The molecule has 1 N–H and O–H groups in total. The Labute approximate surface area is 176 Å². The van der Waals surface area contributed by atoms with Crippen molar-refractivity contribution in [2.75, 3.05) is 34.8 Å². The molecule has 0 atom stereocenters. The second-order valence-corrected chi connectivity index (χ2v) is 7.91. The lowest BCUT2D eigenvalue weighted by atomic mass is 10.00. The van der Waals surface area contributed by atoms with Gasteiger partial charge in [-0.05, 0) is 66.8 Å². The number of benzene rings is 2. The summed E-state index contributed by atoms with van der Waals surface area (Å²) in [6, 6.07) is 20.1. The van der Waals surface area contributed by atoms with Crippen LogP contribution in [0.5, 0.6) is 0 Å². The van der Waals surface area contributed by atoms with Crippen LogP contribution >= 0.6 is 0 Å². The fourth-order valence-electron chi connectivity index (χ4n) is 4.23. The summed E-state index contributed by atoms with van der Waals surface area (Å²) in [5, 5.41) is 11.4. The molecule has 5 rings (SSSR count). The van der Waals surface area contributed by atoms with Crippen LogP contribution in [-0.4, -0.2) is 35.7 Å². The number of carbonyl (C=O) groups excluding carboxylic acids is 1. The van der Waals surface area contributed by atoms with Crippen molar-refractivity contribution in [2.24, 2.45) is 0 Å². The molecule has 0 bridgehead atoms. The third-order valence-electron chi connectivity index (χ3n) is 5.93. The minimum Gasteiger partial charge on any atom is -0.372 e. The molecule has 1 aromatic heterocycles.